The van der Waals surface area contributed by atoms with Gasteiger partial charge in [-0.1, -0.05) is 0 Å². The van der Waals surface area contributed by atoms with E-state index in [1.807, 2.05) is 0 Å². The van der Waals surface area contributed by atoms with E-state index in [1.165, 1.54) is 0 Å². The highest BCUT2D eigenvalue weighted by Crippen LogP contribution is 2.00. The molecule has 0 bridgehead atoms. The topological polar surface area (TPSA) is 82.8 Å². The molecule has 0 aromatic heterocycles. The van der Waals surface area contributed by atoms with Crippen LogP contribution >= 0.6 is 0 Å². The molecule has 0 aromatic rings. The third-order valence-electron chi connectivity index (χ3n) is 2.30. The van der Waals surface area contributed by atoms with Crippen molar-refractivity contribution in [3.63, 3.8) is 0 Å². The van der Waals surface area contributed by atoms with E-state index in [-0.39, 0.29) is 11.9 Å². The largest absolute Gasteiger partial charge is 0.383 e. The Bertz CT molecular complexity index is 207. The van der Waals surface area contributed by atoms with Crippen molar-refractivity contribution >= 4 is 5.91 Å². The highest BCUT2D eigenvalue weighted by Gasteiger charge is 2.22. The van der Waals surface area contributed by atoms with Gasteiger partial charge in [-0.3, -0.25) is 4.79 Å². The Hall–Kier alpha value is -0.690. The number of carbonyl (C=O) groups excluding carboxylic acids is 1. The van der Waals surface area contributed by atoms with Crippen LogP contribution in [0.3, 0.4) is 0 Å². The summed E-state index contributed by atoms with van der Waals surface area (Å²) in [5, 5.41) is 2.76. The van der Waals surface area contributed by atoms with Crippen LogP contribution in [0.25, 0.3) is 0 Å². The predicted molar refractivity (Wildman–Crippen MR) is 58.0 cm³/mol. The van der Waals surface area contributed by atoms with Crippen LogP contribution in [-0.2, 0) is 19.0 Å². The summed E-state index contributed by atoms with van der Waals surface area (Å²) < 4.78 is 15.3. The molecule has 94 valence electrons. The number of nitrogens with one attached hydrogen (secondary N) is 1. The Morgan fingerprint density at radius 1 is 1.62 bits per heavy atom. The molecule has 2 atom stereocenters. The van der Waals surface area contributed by atoms with E-state index in [2.05, 4.69) is 5.32 Å². The SMILES string of the molecule is COCC(N)CCNC(=O)C1COCCO1. The number of ether oxygens (including phenoxy) is 3. The van der Waals surface area contributed by atoms with Crippen LogP contribution in [0.5, 0.6) is 0 Å². The summed E-state index contributed by atoms with van der Waals surface area (Å²) in [5.74, 6) is -0.135. The zero-order valence-corrected chi connectivity index (χ0v) is 9.61. The second-order valence-electron chi connectivity index (χ2n) is 3.73. The van der Waals surface area contributed by atoms with Crippen molar-refractivity contribution in [3.8, 4) is 0 Å². The normalized spacial score (nSPS) is 22.8. The maximum absolute atomic E-state index is 11.5. The molecule has 2 unspecified atom stereocenters. The van der Waals surface area contributed by atoms with Crippen molar-refractivity contribution in [1.29, 1.82) is 0 Å². The summed E-state index contributed by atoms with van der Waals surface area (Å²) in [5.41, 5.74) is 5.72. The lowest BCUT2D eigenvalue weighted by molar-refractivity contribution is -0.147. The van der Waals surface area contributed by atoms with Gasteiger partial charge in [-0.2, -0.15) is 0 Å². The lowest BCUT2D eigenvalue weighted by Crippen LogP contribution is -2.44. The van der Waals surface area contributed by atoms with Crippen molar-refractivity contribution < 1.29 is 19.0 Å². The maximum atomic E-state index is 11.5. The second kappa shape index (κ2) is 7.56. The van der Waals surface area contributed by atoms with Gasteiger partial charge in [0.2, 0.25) is 0 Å². The van der Waals surface area contributed by atoms with Crippen molar-refractivity contribution in [3.05, 3.63) is 0 Å². The average molecular weight is 232 g/mol. The van der Waals surface area contributed by atoms with E-state index in [4.69, 9.17) is 19.9 Å². The molecule has 0 aliphatic carbocycles. The molecule has 1 amide bonds. The average Bonchev–Trinajstić information content (AvgIpc) is 2.30. The molecule has 0 aromatic carbocycles. The van der Waals surface area contributed by atoms with Crippen LogP contribution in [0.1, 0.15) is 6.42 Å². The molecule has 0 radical (unpaired) electrons. The number of rotatable bonds is 6. The zero-order chi connectivity index (χ0) is 11.8. The molecule has 1 saturated heterocycles. The van der Waals surface area contributed by atoms with Gasteiger partial charge in [0.15, 0.2) is 6.10 Å². The standard InChI is InChI=1S/C10H20N2O4/c1-14-6-8(11)2-3-12-10(13)9-7-15-4-5-16-9/h8-9H,2-7,11H2,1H3,(H,12,13). The third-order valence-corrected chi connectivity index (χ3v) is 2.30. The first-order valence-electron chi connectivity index (χ1n) is 5.45. The van der Waals surface area contributed by atoms with Crippen molar-refractivity contribution in [1.82, 2.24) is 5.32 Å². The first-order chi connectivity index (χ1) is 7.74. The molecule has 1 fully saturated rings. The van der Waals surface area contributed by atoms with Gasteiger partial charge in [0, 0.05) is 19.7 Å². The molecule has 16 heavy (non-hydrogen) atoms. The monoisotopic (exact) mass is 232 g/mol. The van der Waals surface area contributed by atoms with Crippen LogP contribution in [-0.4, -0.2) is 58.1 Å². The van der Waals surface area contributed by atoms with Crippen molar-refractivity contribution in [2.24, 2.45) is 5.73 Å². The quantitative estimate of drug-likeness (QED) is 0.606. The molecule has 6 heteroatoms. The fourth-order valence-electron chi connectivity index (χ4n) is 1.43. The van der Waals surface area contributed by atoms with E-state index >= 15 is 0 Å². The van der Waals surface area contributed by atoms with Gasteiger partial charge in [0.25, 0.3) is 5.91 Å². The fraction of sp³-hybridized carbons (Fsp3) is 0.900. The van der Waals surface area contributed by atoms with Crippen LogP contribution < -0.4 is 11.1 Å². The lowest BCUT2D eigenvalue weighted by atomic mass is 10.2. The second-order valence-corrected chi connectivity index (χ2v) is 3.73. The van der Waals surface area contributed by atoms with Gasteiger partial charge < -0.3 is 25.3 Å². The Kier molecular flexibility index (Phi) is 6.32. The van der Waals surface area contributed by atoms with Gasteiger partial charge in [-0.25, -0.2) is 0 Å². The molecule has 3 N–H and O–H groups in total. The van der Waals surface area contributed by atoms with Crippen LogP contribution in [0.15, 0.2) is 0 Å². The zero-order valence-electron chi connectivity index (χ0n) is 9.61. The highest BCUT2D eigenvalue weighted by molar-refractivity contribution is 5.80. The van der Waals surface area contributed by atoms with E-state index in [1.54, 1.807) is 7.11 Å². The van der Waals surface area contributed by atoms with Crippen LogP contribution in [0, 0.1) is 0 Å². The number of nitrogens with two attached hydrogens (primary N) is 1. The molecular weight excluding hydrogens is 212 g/mol. The fourth-order valence-corrected chi connectivity index (χ4v) is 1.43. The van der Waals surface area contributed by atoms with Gasteiger partial charge in [-0.15, -0.1) is 0 Å². The van der Waals surface area contributed by atoms with E-state index in [0.29, 0.717) is 39.4 Å². The minimum absolute atomic E-state index is 0.0474. The summed E-state index contributed by atoms with van der Waals surface area (Å²) in [6.07, 6.45) is 0.208. The smallest absolute Gasteiger partial charge is 0.251 e. The van der Waals surface area contributed by atoms with E-state index in [0.717, 1.165) is 0 Å². The molecule has 1 aliphatic heterocycles. The van der Waals surface area contributed by atoms with Crippen molar-refractivity contribution in [2.75, 3.05) is 40.1 Å². The van der Waals surface area contributed by atoms with Crippen LogP contribution in [0.2, 0.25) is 0 Å². The Balaban J connectivity index is 2.09. The number of hydrogen-bond acceptors (Lipinski definition) is 5. The Labute approximate surface area is 95.4 Å². The van der Waals surface area contributed by atoms with E-state index in [9.17, 15) is 4.79 Å². The molecule has 1 heterocycles. The van der Waals surface area contributed by atoms with Gasteiger partial charge in [-0.05, 0) is 6.42 Å². The molecule has 0 spiro atoms. The molecular formula is C10H20N2O4. The Morgan fingerprint density at radius 2 is 2.44 bits per heavy atom. The van der Waals surface area contributed by atoms with E-state index < -0.39 is 6.10 Å². The molecule has 1 rings (SSSR count). The molecule has 6 nitrogen and oxygen atoms in total. The lowest BCUT2D eigenvalue weighted by Gasteiger charge is -2.22. The number of methoxy groups -OCH3 is 1. The number of hydrogen-bond donors (Lipinski definition) is 2. The van der Waals surface area contributed by atoms with Crippen LogP contribution in [0.4, 0.5) is 0 Å². The first kappa shape index (κ1) is 13.4. The first-order valence-corrected chi connectivity index (χ1v) is 5.45. The minimum Gasteiger partial charge on any atom is -0.383 e. The third kappa shape index (κ3) is 4.89. The number of carbonyl (C=O) groups is 1. The summed E-state index contributed by atoms with van der Waals surface area (Å²) in [4.78, 5) is 11.5. The predicted octanol–water partition coefficient (Wildman–Crippen LogP) is -1.12. The molecule has 1 aliphatic rings. The molecule has 0 saturated carbocycles. The maximum Gasteiger partial charge on any atom is 0.251 e. The van der Waals surface area contributed by atoms with Gasteiger partial charge in [0.1, 0.15) is 0 Å². The van der Waals surface area contributed by atoms with Gasteiger partial charge >= 0.3 is 0 Å². The number of amides is 1. The summed E-state index contributed by atoms with van der Waals surface area (Å²) in [7, 11) is 1.60. The van der Waals surface area contributed by atoms with Crippen molar-refractivity contribution in [2.45, 2.75) is 18.6 Å². The van der Waals surface area contributed by atoms with Gasteiger partial charge in [0.05, 0.1) is 26.4 Å². The summed E-state index contributed by atoms with van der Waals surface area (Å²) in [6, 6.07) is -0.0474. The highest BCUT2D eigenvalue weighted by atomic mass is 16.6. The minimum atomic E-state index is -0.479. The Morgan fingerprint density at radius 3 is 3.06 bits per heavy atom. The summed E-state index contributed by atoms with van der Waals surface area (Å²) in [6.45, 7) is 2.39. The summed E-state index contributed by atoms with van der Waals surface area (Å²) >= 11 is 0.